The molecular formula is C21H12F6N2O4. The molecule has 172 valence electrons. The summed E-state index contributed by atoms with van der Waals surface area (Å²) in [4.78, 5) is 26.4. The molecule has 2 aromatic carbocycles. The van der Waals surface area contributed by atoms with Crippen molar-refractivity contribution >= 4 is 11.6 Å². The van der Waals surface area contributed by atoms with Gasteiger partial charge in [0.25, 0.3) is 5.91 Å². The number of halogens is 6. The topological polar surface area (TPSA) is 80.4 Å². The number of ether oxygens (including phenoxy) is 2. The average molecular weight is 470 g/mol. The van der Waals surface area contributed by atoms with Gasteiger partial charge in [0, 0.05) is 29.9 Å². The molecule has 0 spiro atoms. The number of fused-ring (bicyclic) bond motifs is 2. The predicted molar refractivity (Wildman–Crippen MR) is 102 cm³/mol. The van der Waals surface area contributed by atoms with E-state index >= 15 is 0 Å². The van der Waals surface area contributed by atoms with Crippen LogP contribution < -0.4 is 20.3 Å². The second kappa shape index (κ2) is 7.87. The van der Waals surface area contributed by atoms with E-state index in [0.29, 0.717) is 17.7 Å². The maximum absolute atomic E-state index is 13.3. The van der Waals surface area contributed by atoms with Crippen LogP contribution in [0.5, 0.6) is 17.2 Å². The van der Waals surface area contributed by atoms with Crippen LogP contribution in [0.3, 0.4) is 0 Å². The molecule has 1 heterocycles. The number of anilines is 1. The Balaban J connectivity index is 1.74. The number of H-pyrrole nitrogens is 1. The van der Waals surface area contributed by atoms with Gasteiger partial charge in [-0.15, -0.1) is 13.2 Å². The molecule has 2 N–H and O–H groups in total. The number of benzene rings is 2. The van der Waals surface area contributed by atoms with Crippen molar-refractivity contribution in [2.45, 2.75) is 19.0 Å². The number of amides is 1. The second-order valence-corrected chi connectivity index (χ2v) is 7.01. The largest absolute Gasteiger partial charge is 0.573 e. The normalized spacial score (nSPS) is 12.7. The van der Waals surface area contributed by atoms with E-state index in [0.717, 1.165) is 18.2 Å². The number of aromatic nitrogens is 1. The van der Waals surface area contributed by atoms with Gasteiger partial charge in [0.1, 0.15) is 5.75 Å². The minimum atomic E-state index is -5.07. The first kappa shape index (κ1) is 22.2. The molecule has 33 heavy (non-hydrogen) atoms. The Morgan fingerprint density at radius 3 is 2.33 bits per heavy atom. The molecule has 12 heteroatoms. The summed E-state index contributed by atoms with van der Waals surface area (Å²) in [7, 11) is 0. The third kappa shape index (κ3) is 4.94. The SMILES string of the molecule is O=C(Nc1cc[nH]c(=O)c1)c1ccc(C(F)(F)F)cc1Oc1c2cc(cc1OC(F)(F)F)C2. The first-order chi connectivity index (χ1) is 15.4. The lowest BCUT2D eigenvalue weighted by Crippen LogP contribution is -2.20. The number of carbonyl (C=O) groups is 1. The summed E-state index contributed by atoms with van der Waals surface area (Å²) in [5.41, 5.74) is -1.30. The number of rotatable bonds is 5. The van der Waals surface area contributed by atoms with Crippen molar-refractivity contribution in [3.63, 3.8) is 0 Å². The van der Waals surface area contributed by atoms with Gasteiger partial charge in [-0.1, -0.05) is 6.07 Å². The van der Waals surface area contributed by atoms with Gasteiger partial charge in [-0.25, -0.2) is 0 Å². The lowest BCUT2D eigenvalue weighted by Gasteiger charge is -2.24. The number of aromatic amines is 1. The Hall–Kier alpha value is -3.96. The number of hydrogen-bond acceptors (Lipinski definition) is 4. The molecule has 0 radical (unpaired) electrons. The van der Waals surface area contributed by atoms with E-state index in [1.54, 1.807) is 0 Å². The fourth-order valence-electron chi connectivity index (χ4n) is 3.16. The summed E-state index contributed by atoms with van der Waals surface area (Å²) >= 11 is 0. The highest BCUT2D eigenvalue weighted by molar-refractivity contribution is 6.06. The van der Waals surface area contributed by atoms with E-state index < -0.39 is 52.4 Å². The highest BCUT2D eigenvalue weighted by Crippen LogP contribution is 2.46. The van der Waals surface area contributed by atoms with Crippen LogP contribution in [-0.2, 0) is 12.6 Å². The number of alkyl halides is 6. The molecule has 1 amide bonds. The van der Waals surface area contributed by atoms with Gasteiger partial charge in [-0.05, 0) is 35.9 Å². The van der Waals surface area contributed by atoms with Gasteiger partial charge >= 0.3 is 12.5 Å². The Labute approximate surface area is 180 Å². The van der Waals surface area contributed by atoms with Crippen LogP contribution in [0, 0.1) is 0 Å². The van der Waals surface area contributed by atoms with Crippen LogP contribution in [0.2, 0.25) is 0 Å². The van der Waals surface area contributed by atoms with E-state index in [9.17, 15) is 35.9 Å². The maximum Gasteiger partial charge on any atom is 0.573 e. The first-order valence-electron chi connectivity index (χ1n) is 9.20. The van der Waals surface area contributed by atoms with Crippen LogP contribution in [0.25, 0.3) is 0 Å². The fraction of sp³-hybridized carbons (Fsp3) is 0.143. The first-order valence-corrected chi connectivity index (χ1v) is 9.20. The fourth-order valence-corrected chi connectivity index (χ4v) is 3.16. The van der Waals surface area contributed by atoms with Crippen LogP contribution in [0.15, 0.2) is 53.5 Å². The molecular weight excluding hydrogens is 458 g/mol. The van der Waals surface area contributed by atoms with Crippen molar-refractivity contribution in [2.24, 2.45) is 0 Å². The molecule has 0 saturated heterocycles. The molecule has 6 nitrogen and oxygen atoms in total. The smallest absolute Gasteiger partial charge is 0.452 e. The highest BCUT2D eigenvalue weighted by Gasteiger charge is 2.36. The monoisotopic (exact) mass is 470 g/mol. The molecule has 0 atom stereocenters. The van der Waals surface area contributed by atoms with Crippen molar-refractivity contribution in [3.8, 4) is 17.2 Å². The number of pyridine rings is 1. The average Bonchev–Trinajstić information content (AvgIpc) is 2.66. The molecule has 2 aliphatic carbocycles. The second-order valence-electron chi connectivity index (χ2n) is 7.01. The van der Waals surface area contributed by atoms with E-state index in [4.69, 9.17) is 4.74 Å². The summed E-state index contributed by atoms with van der Waals surface area (Å²) < 4.78 is 87.5. The molecule has 5 rings (SSSR count). The van der Waals surface area contributed by atoms with Crippen LogP contribution in [-0.4, -0.2) is 17.3 Å². The minimum Gasteiger partial charge on any atom is -0.452 e. The standard InChI is InChI=1S/C21H12F6N2O4/c22-20(23,24)12-1-2-14(19(31)29-13-3-4-28-17(30)9-13)15(8-12)32-18-11-5-10(6-11)7-16(18)33-21(25,26)27/h1-5,7-9H,6H2,(H2,28,29,30,31). The van der Waals surface area contributed by atoms with Crippen molar-refractivity contribution in [1.29, 1.82) is 0 Å². The van der Waals surface area contributed by atoms with E-state index in [2.05, 4.69) is 15.0 Å². The highest BCUT2D eigenvalue weighted by atomic mass is 19.4. The Bertz CT molecular complexity index is 1300. The Morgan fingerprint density at radius 2 is 1.70 bits per heavy atom. The van der Waals surface area contributed by atoms with Crippen LogP contribution >= 0.6 is 0 Å². The minimum absolute atomic E-state index is 0.0434. The van der Waals surface area contributed by atoms with E-state index in [1.807, 2.05) is 0 Å². The summed E-state index contributed by atoms with van der Waals surface area (Å²) in [6, 6.07) is 6.86. The molecule has 2 bridgehead atoms. The van der Waals surface area contributed by atoms with Gasteiger partial charge in [-0.3, -0.25) is 9.59 Å². The zero-order valence-electron chi connectivity index (χ0n) is 16.2. The predicted octanol–water partition coefficient (Wildman–Crippen LogP) is 5.24. The lowest BCUT2D eigenvalue weighted by atomic mass is 9.91. The van der Waals surface area contributed by atoms with Gasteiger partial charge in [0.05, 0.1) is 11.1 Å². The molecule has 1 aromatic heterocycles. The van der Waals surface area contributed by atoms with E-state index in [1.165, 1.54) is 18.3 Å². The van der Waals surface area contributed by atoms with Crippen LogP contribution in [0.4, 0.5) is 32.0 Å². The van der Waals surface area contributed by atoms with Gasteiger partial charge in [-0.2, -0.15) is 13.2 Å². The third-order valence-electron chi connectivity index (χ3n) is 4.61. The summed E-state index contributed by atoms with van der Waals surface area (Å²) in [5.74, 6) is -2.78. The summed E-state index contributed by atoms with van der Waals surface area (Å²) in [5, 5.41) is 2.33. The Kier molecular flexibility index (Phi) is 5.30. The van der Waals surface area contributed by atoms with Crippen molar-refractivity contribution in [3.05, 3.63) is 81.3 Å². The number of hydrogen-bond donors (Lipinski definition) is 2. The van der Waals surface area contributed by atoms with Gasteiger partial charge in [0.2, 0.25) is 5.56 Å². The van der Waals surface area contributed by atoms with Gasteiger partial charge < -0.3 is 19.8 Å². The van der Waals surface area contributed by atoms with Crippen molar-refractivity contribution in [2.75, 3.05) is 5.32 Å². The summed E-state index contributed by atoms with van der Waals surface area (Å²) in [6.45, 7) is 0. The molecule has 0 unspecified atom stereocenters. The molecule has 0 aliphatic heterocycles. The molecule has 2 aliphatic rings. The quantitative estimate of drug-likeness (QED) is 0.391. The zero-order valence-corrected chi connectivity index (χ0v) is 16.2. The molecule has 0 fully saturated rings. The number of nitrogens with one attached hydrogen (secondary N) is 2. The third-order valence-corrected chi connectivity index (χ3v) is 4.61. The Morgan fingerprint density at radius 1 is 0.970 bits per heavy atom. The molecule has 3 aromatic rings. The van der Waals surface area contributed by atoms with Gasteiger partial charge in [0.15, 0.2) is 11.5 Å². The zero-order chi connectivity index (χ0) is 24.0. The molecule has 0 saturated carbocycles. The number of carbonyl (C=O) groups excluding carboxylic acids is 1. The van der Waals surface area contributed by atoms with Crippen molar-refractivity contribution < 1.29 is 40.6 Å². The van der Waals surface area contributed by atoms with E-state index in [-0.39, 0.29) is 17.7 Å². The lowest BCUT2D eigenvalue weighted by molar-refractivity contribution is -0.275. The van der Waals surface area contributed by atoms with Crippen LogP contribution in [0.1, 0.15) is 27.0 Å². The maximum atomic E-state index is 13.3. The van der Waals surface area contributed by atoms with Crippen molar-refractivity contribution in [1.82, 2.24) is 4.98 Å². The summed E-state index contributed by atoms with van der Waals surface area (Å²) in [6.07, 6.45) is -8.41.